The first kappa shape index (κ1) is 28.2. The quantitative estimate of drug-likeness (QED) is 0.355. The van der Waals surface area contributed by atoms with Crippen LogP contribution in [0.15, 0.2) is 24.3 Å². The number of methoxy groups -OCH3 is 2. The summed E-state index contributed by atoms with van der Waals surface area (Å²) in [4.78, 5) is 2.35. The standard InChI is InChI=1S/C23H36F2NO2.ClH.In/c1-4-6-22(27-2)23(28-3)10-9-21(25)15-18-11-13-26(14-12-18)17-19-7-5-8-20(24)16-19;;/h5,7-8,16,18,22-23H,4,6,9-15,17H2,1-3H3;1H;. The van der Waals surface area contributed by atoms with Crippen LogP contribution in [0.5, 0.6) is 0 Å². The Bertz CT molecular complexity index is 600. The maximum atomic E-state index is 15.3. The van der Waals surface area contributed by atoms with Gasteiger partial charge in [-0.2, -0.15) is 0 Å². The molecule has 1 heterocycles. The molecule has 1 aromatic rings. The Balaban J connectivity index is 0.00000450. The molecule has 0 amide bonds. The Morgan fingerprint density at radius 2 is 1.80 bits per heavy atom. The summed E-state index contributed by atoms with van der Waals surface area (Å²) >= 11 is 0.622. The number of halogens is 3. The summed E-state index contributed by atoms with van der Waals surface area (Å²) in [6.45, 7) is 4.82. The van der Waals surface area contributed by atoms with Crippen molar-refractivity contribution >= 4 is 36.8 Å². The first-order valence-electron chi connectivity index (χ1n) is 10.9. The number of rotatable bonds is 12. The van der Waals surface area contributed by atoms with E-state index in [-0.39, 0.29) is 30.4 Å². The first-order chi connectivity index (χ1) is 13.9. The fourth-order valence-electron chi connectivity index (χ4n) is 4.40. The Morgan fingerprint density at radius 1 is 1.17 bits per heavy atom. The van der Waals surface area contributed by atoms with Crippen LogP contribution in [0.1, 0.15) is 57.4 Å². The number of likely N-dealkylation sites (tertiary alicyclic amines) is 1. The van der Waals surface area contributed by atoms with Gasteiger partial charge in [0, 0.05) is 0 Å². The van der Waals surface area contributed by atoms with Crippen LogP contribution in [-0.4, -0.2) is 72.2 Å². The minimum absolute atomic E-state index is 0. The van der Waals surface area contributed by atoms with Gasteiger partial charge in [-0.15, -0.1) is 12.4 Å². The van der Waals surface area contributed by atoms with Gasteiger partial charge in [0.05, 0.1) is 0 Å². The summed E-state index contributed by atoms with van der Waals surface area (Å²) in [5.41, 5.74) is 1.01. The summed E-state index contributed by atoms with van der Waals surface area (Å²) in [7, 11) is 3.42. The summed E-state index contributed by atoms with van der Waals surface area (Å²) in [6, 6.07) is 6.82. The van der Waals surface area contributed by atoms with E-state index in [0.29, 0.717) is 49.6 Å². The van der Waals surface area contributed by atoms with E-state index < -0.39 is 3.43 Å². The zero-order valence-corrected chi connectivity index (χ0v) is 22.7. The van der Waals surface area contributed by atoms with Gasteiger partial charge in [-0.3, -0.25) is 0 Å². The average molecular weight is 548 g/mol. The topological polar surface area (TPSA) is 21.7 Å². The van der Waals surface area contributed by atoms with E-state index >= 15 is 4.39 Å². The SMILES string of the molecule is CCCC(OC)C(CC[C](F)([In])CC1CCN(Cc2cccc(F)c2)CC1)OC.Cl. The van der Waals surface area contributed by atoms with Crippen LogP contribution < -0.4 is 0 Å². The fourth-order valence-corrected chi connectivity index (χ4v) is 5.83. The molecule has 0 bridgehead atoms. The monoisotopic (exact) mass is 547 g/mol. The maximum absolute atomic E-state index is 15.3. The second-order valence-electron chi connectivity index (χ2n) is 8.46. The average Bonchev–Trinajstić information content (AvgIpc) is 2.69. The van der Waals surface area contributed by atoms with Crippen molar-refractivity contribution in [2.24, 2.45) is 5.92 Å². The van der Waals surface area contributed by atoms with Crippen molar-refractivity contribution in [3.05, 3.63) is 35.6 Å². The van der Waals surface area contributed by atoms with Crippen LogP contribution >= 0.6 is 12.4 Å². The number of hydrogen-bond acceptors (Lipinski definition) is 3. The van der Waals surface area contributed by atoms with Crippen LogP contribution in [0.3, 0.4) is 0 Å². The van der Waals surface area contributed by atoms with Crippen LogP contribution in [0.2, 0.25) is 0 Å². The molecule has 2 radical (unpaired) electrons. The largest absolute Gasteiger partial charge is 0.147 e. The summed E-state index contributed by atoms with van der Waals surface area (Å²) in [5.74, 6) is 0.257. The molecule has 0 saturated carbocycles. The fraction of sp³-hybridized carbons (Fsp3) is 0.739. The number of benzene rings is 1. The Hall–Kier alpha value is 0.120. The molecule has 0 N–H and O–H groups in total. The van der Waals surface area contributed by atoms with Gasteiger partial charge < -0.3 is 0 Å². The van der Waals surface area contributed by atoms with Gasteiger partial charge in [-0.25, -0.2) is 0 Å². The van der Waals surface area contributed by atoms with Crippen LogP contribution in [-0.2, 0) is 16.0 Å². The van der Waals surface area contributed by atoms with Crippen molar-refractivity contribution < 1.29 is 18.3 Å². The molecule has 1 fully saturated rings. The third-order valence-corrected chi connectivity index (χ3v) is 7.56. The Morgan fingerprint density at radius 3 is 2.37 bits per heavy atom. The molecule has 0 aliphatic carbocycles. The molecule has 7 heteroatoms. The molecular weight excluding hydrogens is 511 g/mol. The molecule has 1 aliphatic heterocycles. The molecule has 3 nitrogen and oxygen atoms in total. The van der Waals surface area contributed by atoms with Gasteiger partial charge in [0.1, 0.15) is 0 Å². The van der Waals surface area contributed by atoms with Gasteiger partial charge in [0.25, 0.3) is 0 Å². The van der Waals surface area contributed by atoms with Crippen molar-refractivity contribution in [1.29, 1.82) is 0 Å². The maximum Gasteiger partial charge on any atom is -0.147 e. The molecule has 3 unspecified atom stereocenters. The van der Waals surface area contributed by atoms with E-state index in [1.807, 2.05) is 6.07 Å². The van der Waals surface area contributed by atoms with Gasteiger partial charge in [-0.1, -0.05) is 0 Å². The summed E-state index contributed by atoms with van der Waals surface area (Å²) in [6.07, 6.45) is 5.96. The number of nitrogens with zero attached hydrogens (tertiary/aromatic N) is 1. The van der Waals surface area contributed by atoms with E-state index in [2.05, 4.69) is 11.8 Å². The number of alkyl halides is 1. The molecule has 170 valence electrons. The number of piperidine rings is 1. The third-order valence-electron chi connectivity index (χ3n) is 6.07. The zero-order valence-electron chi connectivity index (χ0n) is 18.6. The second-order valence-corrected chi connectivity index (χ2v) is 11.4. The van der Waals surface area contributed by atoms with E-state index in [1.165, 1.54) is 6.07 Å². The molecule has 1 aliphatic rings. The predicted octanol–water partition coefficient (Wildman–Crippen LogP) is 5.29. The van der Waals surface area contributed by atoms with Crippen LogP contribution in [0.4, 0.5) is 8.78 Å². The second kappa shape index (κ2) is 14.3. The molecular formula is C23H37ClF2InNO2. The van der Waals surface area contributed by atoms with Crippen LogP contribution in [0, 0.1) is 11.7 Å². The van der Waals surface area contributed by atoms with Crippen LogP contribution in [0.25, 0.3) is 0 Å². The smallest absolute Gasteiger partial charge is 0.147 e. The van der Waals surface area contributed by atoms with E-state index in [0.717, 1.165) is 50.9 Å². The molecule has 3 atom stereocenters. The molecule has 0 spiro atoms. The minimum atomic E-state index is -1.05. The van der Waals surface area contributed by atoms with E-state index in [4.69, 9.17) is 9.47 Å². The molecule has 0 aromatic heterocycles. The van der Waals surface area contributed by atoms with Gasteiger partial charge in [-0.05, 0) is 0 Å². The van der Waals surface area contributed by atoms with E-state index in [9.17, 15) is 4.39 Å². The number of ether oxygens (including phenoxy) is 2. The van der Waals surface area contributed by atoms with Crippen molar-refractivity contribution in [3.8, 4) is 0 Å². The van der Waals surface area contributed by atoms with Crippen molar-refractivity contribution in [2.75, 3.05) is 27.3 Å². The van der Waals surface area contributed by atoms with Gasteiger partial charge in [0.2, 0.25) is 0 Å². The molecule has 2 rings (SSSR count). The van der Waals surface area contributed by atoms with Gasteiger partial charge >= 0.3 is 190 Å². The van der Waals surface area contributed by atoms with Crippen molar-refractivity contribution in [2.45, 2.75) is 74.0 Å². The normalized spacial score (nSPS) is 19.6. The zero-order chi connectivity index (χ0) is 21.3. The molecule has 1 aromatic carbocycles. The third kappa shape index (κ3) is 9.72. The Labute approximate surface area is 202 Å². The van der Waals surface area contributed by atoms with Crippen molar-refractivity contribution in [1.82, 2.24) is 4.90 Å². The first-order valence-corrected chi connectivity index (χ1v) is 12.5. The predicted molar refractivity (Wildman–Crippen MR) is 122 cm³/mol. The summed E-state index contributed by atoms with van der Waals surface area (Å²) < 4.78 is 38.8. The van der Waals surface area contributed by atoms with E-state index in [1.54, 1.807) is 26.4 Å². The number of hydrogen-bond donors (Lipinski definition) is 0. The molecule has 30 heavy (non-hydrogen) atoms. The Kier molecular flexibility index (Phi) is 13.4. The van der Waals surface area contributed by atoms with Gasteiger partial charge in [0.15, 0.2) is 0 Å². The molecule has 1 saturated heterocycles. The minimum Gasteiger partial charge on any atom is -0.147 e. The van der Waals surface area contributed by atoms with Crippen molar-refractivity contribution in [3.63, 3.8) is 0 Å². The summed E-state index contributed by atoms with van der Waals surface area (Å²) in [5, 5.41) is 0.